The second-order valence-electron chi connectivity index (χ2n) is 5.81. The van der Waals surface area contributed by atoms with E-state index in [0.29, 0.717) is 5.75 Å². The van der Waals surface area contributed by atoms with Gasteiger partial charge in [0.05, 0.1) is 13.2 Å². The van der Waals surface area contributed by atoms with Crippen LogP contribution < -0.4 is 10.1 Å². The van der Waals surface area contributed by atoms with Crippen molar-refractivity contribution in [3.63, 3.8) is 0 Å². The van der Waals surface area contributed by atoms with E-state index in [2.05, 4.69) is 12.2 Å². The van der Waals surface area contributed by atoms with Gasteiger partial charge in [-0.3, -0.25) is 4.21 Å². The molecule has 0 aliphatic rings. The summed E-state index contributed by atoms with van der Waals surface area (Å²) in [6.07, 6.45) is 1.71. The molecule has 2 aromatic carbocycles. The highest BCUT2D eigenvalue weighted by atomic mass is 32.2. The van der Waals surface area contributed by atoms with E-state index in [4.69, 9.17) is 9.15 Å². The first-order valence-corrected chi connectivity index (χ1v) is 9.51. The number of para-hydroxylation sites is 1. The number of ether oxygens (including phenoxy) is 1. The number of methoxy groups -OCH3 is 1. The monoisotopic (exact) mass is 343 g/mol. The molecule has 3 rings (SSSR count). The normalized spacial score (nSPS) is 13.6. The molecule has 0 saturated carbocycles. The summed E-state index contributed by atoms with van der Waals surface area (Å²) in [7, 11) is 0.793. The van der Waals surface area contributed by atoms with Gasteiger partial charge in [0.15, 0.2) is 11.3 Å². The van der Waals surface area contributed by atoms with Gasteiger partial charge in [-0.15, -0.1) is 0 Å². The van der Waals surface area contributed by atoms with Crippen molar-refractivity contribution in [2.45, 2.75) is 18.7 Å². The van der Waals surface area contributed by atoms with Gasteiger partial charge in [0.2, 0.25) is 0 Å². The number of rotatable bonds is 6. The van der Waals surface area contributed by atoms with Gasteiger partial charge in [-0.05, 0) is 36.8 Å². The van der Waals surface area contributed by atoms with Crippen molar-refractivity contribution in [1.82, 2.24) is 0 Å². The molecule has 2 unspecified atom stereocenters. The molecule has 0 bridgehead atoms. The molecule has 0 amide bonds. The maximum atomic E-state index is 11.4. The molecule has 0 spiro atoms. The molecule has 0 radical (unpaired) electrons. The summed E-state index contributed by atoms with van der Waals surface area (Å²) < 4.78 is 22.7. The Balaban J connectivity index is 1.82. The highest BCUT2D eigenvalue weighted by Crippen LogP contribution is 2.32. The minimum Gasteiger partial charge on any atom is -0.493 e. The van der Waals surface area contributed by atoms with Gasteiger partial charge in [-0.2, -0.15) is 0 Å². The van der Waals surface area contributed by atoms with Crippen molar-refractivity contribution in [3.8, 4) is 5.75 Å². The number of benzene rings is 2. The Bertz CT molecular complexity index is 872. The molecule has 4 nitrogen and oxygen atoms in total. The Hall–Kier alpha value is -2.27. The summed E-state index contributed by atoms with van der Waals surface area (Å²) in [6, 6.07) is 15.9. The predicted molar refractivity (Wildman–Crippen MR) is 99.0 cm³/mol. The van der Waals surface area contributed by atoms with E-state index in [1.807, 2.05) is 48.5 Å². The lowest BCUT2D eigenvalue weighted by Crippen LogP contribution is -2.06. The van der Waals surface area contributed by atoms with Crippen molar-refractivity contribution in [2.75, 3.05) is 18.7 Å². The Morgan fingerprint density at radius 1 is 1.21 bits per heavy atom. The van der Waals surface area contributed by atoms with Gasteiger partial charge in [0.25, 0.3) is 0 Å². The molecule has 126 valence electrons. The van der Waals surface area contributed by atoms with Crippen LogP contribution in [-0.4, -0.2) is 17.6 Å². The number of fused-ring (bicyclic) bond motifs is 1. The third-order valence-electron chi connectivity index (χ3n) is 3.85. The van der Waals surface area contributed by atoms with E-state index in [9.17, 15) is 4.21 Å². The quantitative estimate of drug-likeness (QED) is 0.716. The average Bonchev–Trinajstić information content (AvgIpc) is 2.98. The van der Waals surface area contributed by atoms with Crippen LogP contribution in [-0.2, 0) is 16.6 Å². The van der Waals surface area contributed by atoms with Crippen LogP contribution in [0.1, 0.15) is 24.3 Å². The maximum absolute atomic E-state index is 11.4. The van der Waals surface area contributed by atoms with Gasteiger partial charge >= 0.3 is 0 Å². The van der Waals surface area contributed by atoms with Crippen molar-refractivity contribution in [2.24, 2.45) is 0 Å². The van der Waals surface area contributed by atoms with Gasteiger partial charge < -0.3 is 14.5 Å². The molecule has 1 N–H and O–H groups in total. The highest BCUT2D eigenvalue weighted by Gasteiger charge is 2.14. The van der Waals surface area contributed by atoms with Crippen LogP contribution in [0.2, 0.25) is 0 Å². The summed E-state index contributed by atoms with van der Waals surface area (Å²) in [5.74, 6) is 2.14. The summed E-state index contributed by atoms with van der Waals surface area (Å²) in [5.41, 5.74) is 2.80. The van der Waals surface area contributed by atoms with Crippen LogP contribution in [0.15, 0.2) is 52.9 Å². The molecule has 0 aliphatic heterocycles. The standard InChI is InChI=1S/C19H21NO3S/c1-13(20-16-8-4-6-14(10-16)12-24(3)21)18-11-15-7-5-9-17(22-2)19(15)23-18/h4-11,13,20H,12H2,1-3H3. The van der Waals surface area contributed by atoms with Crippen LogP contribution in [0.3, 0.4) is 0 Å². The maximum Gasteiger partial charge on any atom is 0.176 e. The molecule has 3 aromatic rings. The van der Waals surface area contributed by atoms with Crippen LogP contribution in [0, 0.1) is 0 Å². The SMILES string of the molecule is COc1cccc2cc(C(C)Nc3cccc(CS(C)=O)c3)oc12. The molecular weight excluding hydrogens is 322 g/mol. The van der Waals surface area contributed by atoms with E-state index < -0.39 is 10.8 Å². The molecule has 1 aromatic heterocycles. The molecular formula is C19H21NO3S. The first-order chi connectivity index (χ1) is 11.6. The summed E-state index contributed by atoms with van der Waals surface area (Å²) in [6.45, 7) is 2.05. The molecule has 1 heterocycles. The fourth-order valence-corrected chi connectivity index (χ4v) is 3.39. The van der Waals surface area contributed by atoms with Crippen LogP contribution in [0.5, 0.6) is 5.75 Å². The van der Waals surface area contributed by atoms with E-state index in [1.165, 1.54) is 0 Å². The molecule has 0 fully saturated rings. The number of hydrogen-bond donors (Lipinski definition) is 1. The number of hydrogen-bond acceptors (Lipinski definition) is 4. The number of furan rings is 1. The molecule has 5 heteroatoms. The van der Waals surface area contributed by atoms with Crippen molar-refractivity contribution >= 4 is 27.5 Å². The Morgan fingerprint density at radius 2 is 2.00 bits per heavy atom. The van der Waals surface area contributed by atoms with E-state index in [0.717, 1.165) is 33.7 Å². The zero-order chi connectivity index (χ0) is 17.1. The molecule has 24 heavy (non-hydrogen) atoms. The lowest BCUT2D eigenvalue weighted by atomic mass is 10.2. The average molecular weight is 343 g/mol. The van der Waals surface area contributed by atoms with E-state index in [-0.39, 0.29) is 6.04 Å². The van der Waals surface area contributed by atoms with Crippen molar-refractivity contribution < 1.29 is 13.4 Å². The second-order valence-corrected chi connectivity index (χ2v) is 7.25. The largest absolute Gasteiger partial charge is 0.493 e. The fourth-order valence-electron chi connectivity index (χ4n) is 2.74. The first kappa shape index (κ1) is 16.6. The van der Waals surface area contributed by atoms with E-state index >= 15 is 0 Å². The van der Waals surface area contributed by atoms with Gasteiger partial charge in [-0.1, -0.05) is 24.3 Å². The van der Waals surface area contributed by atoms with E-state index in [1.54, 1.807) is 13.4 Å². The number of nitrogens with one attached hydrogen (secondary N) is 1. The highest BCUT2D eigenvalue weighted by molar-refractivity contribution is 7.83. The van der Waals surface area contributed by atoms with Crippen LogP contribution >= 0.6 is 0 Å². The lowest BCUT2D eigenvalue weighted by molar-refractivity contribution is 0.406. The van der Waals surface area contributed by atoms with Gasteiger partial charge in [-0.25, -0.2) is 0 Å². The summed E-state index contributed by atoms with van der Waals surface area (Å²) in [4.78, 5) is 0. The Kier molecular flexibility index (Phi) is 4.90. The lowest BCUT2D eigenvalue weighted by Gasteiger charge is -2.13. The minimum atomic E-state index is -0.848. The van der Waals surface area contributed by atoms with Crippen LogP contribution in [0.25, 0.3) is 11.0 Å². The molecule has 2 atom stereocenters. The van der Waals surface area contributed by atoms with Crippen LogP contribution in [0.4, 0.5) is 5.69 Å². The third kappa shape index (κ3) is 3.62. The Morgan fingerprint density at radius 3 is 2.75 bits per heavy atom. The van der Waals surface area contributed by atoms with Gasteiger partial charge in [0.1, 0.15) is 5.76 Å². The smallest absolute Gasteiger partial charge is 0.176 e. The predicted octanol–water partition coefficient (Wildman–Crippen LogP) is 4.49. The number of anilines is 1. The Labute approximate surface area is 144 Å². The first-order valence-electron chi connectivity index (χ1n) is 7.79. The second kappa shape index (κ2) is 7.09. The van der Waals surface area contributed by atoms with Crippen molar-refractivity contribution in [3.05, 3.63) is 59.9 Å². The third-order valence-corrected chi connectivity index (χ3v) is 4.59. The fraction of sp³-hybridized carbons (Fsp3) is 0.263. The zero-order valence-corrected chi connectivity index (χ0v) is 14.9. The minimum absolute atomic E-state index is 0.00415. The molecule has 0 saturated heterocycles. The molecule has 0 aliphatic carbocycles. The van der Waals surface area contributed by atoms with Gasteiger partial charge in [0, 0.05) is 33.9 Å². The van der Waals surface area contributed by atoms with Crippen molar-refractivity contribution in [1.29, 1.82) is 0 Å². The summed E-state index contributed by atoms with van der Waals surface area (Å²) >= 11 is 0. The summed E-state index contributed by atoms with van der Waals surface area (Å²) in [5, 5.41) is 4.46. The zero-order valence-electron chi connectivity index (χ0n) is 14.0. The topological polar surface area (TPSA) is 51.5 Å².